The molecule has 16 heavy (non-hydrogen) atoms. The van der Waals surface area contributed by atoms with Gasteiger partial charge in [0.2, 0.25) is 0 Å². The standard InChI is InChI=1S/C15H25N/c1-4-8-15(16-11-5-2)14-10-7-9-13(6-3)12-14/h7,9-10,12,15-16H,4-6,8,11H2,1-3H3. The van der Waals surface area contributed by atoms with Crippen LogP contribution in [0.4, 0.5) is 0 Å². The van der Waals surface area contributed by atoms with Crippen molar-refractivity contribution in [1.29, 1.82) is 0 Å². The lowest BCUT2D eigenvalue weighted by Gasteiger charge is -2.19. The van der Waals surface area contributed by atoms with E-state index in [1.165, 1.54) is 30.4 Å². The topological polar surface area (TPSA) is 12.0 Å². The number of benzene rings is 1. The van der Waals surface area contributed by atoms with E-state index in [0.29, 0.717) is 6.04 Å². The van der Waals surface area contributed by atoms with Crippen molar-refractivity contribution in [2.24, 2.45) is 0 Å². The molecule has 0 bridgehead atoms. The van der Waals surface area contributed by atoms with Gasteiger partial charge in [0.1, 0.15) is 0 Å². The summed E-state index contributed by atoms with van der Waals surface area (Å²) >= 11 is 0. The average molecular weight is 219 g/mol. The molecular weight excluding hydrogens is 194 g/mol. The minimum absolute atomic E-state index is 0.538. The first-order valence-corrected chi connectivity index (χ1v) is 6.64. The molecule has 0 radical (unpaired) electrons. The van der Waals surface area contributed by atoms with Crippen molar-refractivity contribution in [3.63, 3.8) is 0 Å². The highest BCUT2D eigenvalue weighted by Crippen LogP contribution is 2.19. The Balaban J connectivity index is 2.73. The Bertz CT molecular complexity index is 293. The second-order valence-electron chi connectivity index (χ2n) is 4.39. The molecule has 1 atom stereocenters. The fraction of sp³-hybridized carbons (Fsp3) is 0.600. The van der Waals surface area contributed by atoms with Crippen molar-refractivity contribution in [3.8, 4) is 0 Å². The zero-order chi connectivity index (χ0) is 11.8. The summed E-state index contributed by atoms with van der Waals surface area (Å²) in [4.78, 5) is 0. The Morgan fingerprint density at radius 2 is 1.94 bits per heavy atom. The van der Waals surface area contributed by atoms with Crippen molar-refractivity contribution in [3.05, 3.63) is 35.4 Å². The van der Waals surface area contributed by atoms with Crippen LogP contribution in [0, 0.1) is 0 Å². The third-order valence-corrected chi connectivity index (χ3v) is 2.98. The molecule has 1 aromatic rings. The predicted molar refractivity (Wildman–Crippen MR) is 71.8 cm³/mol. The second kappa shape index (κ2) is 7.45. The summed E-state index contributed by atoms with van der Waals surface area (Å²) < 4.78 is 0. The molecule has 0 aliphatic heterocycles. The lowest BCUT2D eigenvalue weighted by molar-refractivity contribution is 0.493. The Labute approximate surface area is 100 Å². The molecule has 1 heteroatoms. The molecule has 90 valence electrons. The molecular formula is C15H25N. The molecule has 0 aliphatic carbocycles. The first-order chi connectivity index (χ1) is 7.81. The van der Waals surface area contributed by atoms with E-state index in [1.807, 2.05) is 0 Å². The maximum atomic E-state index is 3.64. The van der Waals surface area contributed by atoms with E-state index < -0.39 is 0 Å². The Hall–Kier alpha value is -0.820. The smallest absolute Gasteiger partial charge is 0.0320 e. The van der Waals surface area contributed by atoms with E-state index in [9.17, 15) is 0 Å². The van der Waals surface area contributed by atoms with Crippen LogP contribution in [-0.4, -0.2) is 6.54 Å². The number of hydrogen-bond donors (Lipinski definition) is 1. The summed E-state index contributed by atoms with van der Waals surface area (Å²) in [6, 6.07) is 9.54. The van der Waals surface area contributed by atoms with Gasteiger partial charge in [-0.2, -0.15) is 0 Å². The first-order valence-electron chi connectivity index (χ1n) is 6.64. The van der Waals surface area contributed by atoms with E-state index in [4.69, 9.17) is 0 Å². The molecule has 1 N–H and O–H groups in total. The average Bonchev–Trinajstić information content (AvgIpc) is 2.34. The van der Waals surface area contributed by atoms with Crippen LogP contribution in [0.25, 0.3) is 0 Å². The predicted octanol–water partition coefficient (Wildman–Crippen LogP) is 4.09. The summed E-state index contributed by atoms with van der Waals surface area (Å²) in [7, 11) is 0. The quantitative estimate of drug-likeness (QED) is 0.728. The second-order valence-corrected chi connectivity index (χ2v) is 4.39. The van der Waals surface area contributed by atoms with Crippen molar-refractivity contribution in [2.45, 2.75) is 52.5 Å². The van der Waals surface area contributed by atoms with Gasteiger partial charge in [0.15, 0.2) is 0 Å². The van der Waals surface area contributed by atoms with Crippen molar-refractivity contribution < 1.29 is 0 Å². The highest BCUT2D eigenvalue weighted by atomic mass is 14.9. The summed E-state index contributed by atoms with van der Waals surface area (Å²) in [6.45, 7) is 7.80. The molecule has 0 saturated heterocycles. The van der Waals surface area contributed by atoms with E-state index in [2.05, 4.69) is 50.4 Å². The monoisotopic (exact) mass is 219 g/mol. The molecule has 1 unspecified atom stereocenters. The first kappa shape index (κ1) is 13.2. The third kappa shape index (κ3) is 3.97. The highest BCUT2D eigenvalue weighted by Gasteiger charge is 2.09. The van der Waals surface area contributed by atoms with Crippen LogP contribution >= 0.6 is 0 Å². The number of aryl methyl sites for hydroxylation is 1. The SMILES string of the molecule is CCCNC(CCC)c1cccc(CC)c1. The van der Waals surface area contributed by atoms with Gasteiger partial charge in [0.25, 0.3) is 0 Å². The molecule has 1 nitrogen and oxygen atoms in total. The van der Waals surface area contributed by atoms with E-state index >= 15 is 0 Å². The molecule has 0 saturated carbocycles. The van der Waals surface area contributed by atoms with Crippen molar-refractivity contribution >= 4 is 0 Å². The Morgan fingerprint density at radius 3 is 2.56 bits per heavy atom. The molecule has 0 aromatic heterocycles. The lowest BCUT2D eigenvalue weighted by atomic mass is 9.99. The molecule has 1 rings (SSSR count). The van der Waals surface area contributed by atoms with Gasteiger partial charge in [-0.3, -0.25) is 0 Å². The van der Waals surface area contributed by atoms with Crippen molar-refractivity contribution in [2.75, 3.05) is 6.54 Å². The molecule has 0 fully saturated rings. The summed E-state index contributed by atoms with van der Waals surface area (Å²) in [6.07, 6.45) is 4.79. The number of hydrogen-bond acceptors (Lipinski definition) is 1. The van der Waals surface area contributed by atoms with Gasteiger partial charge in [-0.05, 0) is 36.9 Å². The number of nitrogens with one attached hydrogen (secondary N) is 1. The maximum absolute atomic E-state index is 3.64. The van der Waals surface area contributed by atoms with Crippen LogP contribution in [-0.2, 0) is 6.42 Å². The fourth-order valence-electron chi connectivity index (χ4n) is 2.02. The van der Waals surface area contributed by atoms with E-state index in [1.54, 1.807) is 0 Å². The number of rotatable bonds is 7. The Kier molecular flexibility index (Phi) is 6.17. The largest absolute Gasteiger partial charge is 0.310 e. The summed E-state index contributed by atoms with van der Waals surface area (Å²) in [5.41, 5.74) is 2.89. The van der Waals surface area contributed by atoms with Crippen LogP contribution in [0.2, 0.25) is 0 Å². The summed E-state index contributed by atoms with van der Waals surface area (Å²) in [5, 5.41) is 3.64. The van der Waals surface area contributed by atoms with Gasteiger partial charge in [-0.1, -0.05) is 51.5 Å². The molecule has 0 heterocycles. The van der Waals surface area contributed by atoms with Crippen LogP contribution in [0.1, 0.15) is 57.2 Å². The van der Waals surface area contributed by atoms with Gasteiger partial charge < -0.3 is 5.32 Å². The summed E-state index contributed by atoms with van der Waals surface area (Å²) in [5.74, 6) is 0. The van der Waals surface area contributed by atoms with Crippen molar-refractivity contribution in [1.82, 2.24) is 5.32 Å². The molecule has 0 amide bonds. The van der Waals surface area contributed by atoms with Gasteiger partial charge in [-0.25, -0.2) is 0 Å². The third-order valence-electron chi connectivity index (χ3n) is 2.98. The van der Waals surface area contributed by atoms with E-state index in [0.717, 1.165) is 13.0 Å². The zero-order valence-electron chi connectivity index (χ0n) is 10.9. The van der Waals surface area contributed by atoms with Crippen LogP contribution < -0.4 is 5.32 Å². The molecule has 0 aliphatic rings. The fourth-order valence-corrected chi connectivity index (χ4v) is 2.02. The van der Waals surface area contributed by atoms with Crippen LogP contribution in [0.3, 0.4) is 0 Å². The van der Waals surface area contributed by atoms with Gasteiger partial charge >= 0.3 is 0 Å². The Morgan fingerprint density at radius 1 is 1.12 bits per heavy atom. The van der Waals surface area contributed by atoms with Gasteiger partial charge in [0.05, 0.1) is 0 Å². The van der Waals surface area contributed by atoms with Gasteiger partial charge in [0, 0.05) is 6.04 Å². The zero-order valence-corrected chi connectivity index (χ0v) is 10.9. The van der Waals surface area contributed by atoms with Crippen LogP contribution in [0.15, 0.2) is 24.3 Å². The van der Waals surface area contributed by atoms with Gasteiger partial charge in [-0.15, -0.1) is 0 Å². The maximum Gasteiger partial charge on any atom is 0.0320 e. The highest BCUT2D eigenvalue weighted by molar-refractivity contribution is 5.26. The minimum Gasteiger partial charge on any atom is -0.310 e. The normalized spacial score (nSPS) is 12.7. The lowest BCUT2D eigenvalue weighted by Crippen LogP contribution is -2.22. The molecule has 0 spiro atoms. The molecule has 1 aromatic carbocycles. The van der Waals surface area contributed by atoms with E-state index in [-0.39, 0.29) is 0 Å². The van der Waals surface area contributed by atoms with Crippen LogP contribution in [0.5, 0.6) is 0 Å². The minimum atomic E-state index is 0.538.